The number of thiazole rings is 1. The number of nitrogens with one attached hydrogen (secondary N) is 1. The molecule has 0 amide bonds. The molecule has 1 heterocycles. The molecular formula is C11H11ClN2OS. The molecule has 0 radical (unpaired) electrons. The van der Waals surface area contributed by atoms with Gasteiger partial charge in [-0.2, -0.15) is 0 Å². The highest BCUT2D eigenvalue weighted by molar-refractivity contribution is 7.09. The van der Waals surface area contributed by atoms with Crippen LogP contribution in [0, 0.1) is 0 Å². The molecule has 0 saturated heterocycles. The molecule has 0 saturated carbocycles. The summed E-state index contributed by atoms with van der Waals surface area (Å²) in [4.78, 5) is 4.15. The fourth-order valence-corrected chi connectivity index (χ4v) is 2.12. The van der Waals surface area contributed by atoms with Crippen molar-refractivity contribution in [3.63, 3.8) is 0 Å². The molecule has 0 aliphatic heterocycles. The Balaban J connectivity index is 1.92. The molecule has 0 atom stereocenters. The number of rotatable bonds is 4. The molecule has 0 bridgehead atoms. The monoisotopic (exact) mass is 254 g/mol. The minimum absolute atomic E-state index is 0.260. The van der Waals surface area contributed by atoms with Crippen LogP contribution < -0.4 is 5.32 Å². The van der Waals surface area contributed by atoms with Crippen LogP contribution in [0.4, 0.5) is 0 Å². The standard InChI is InChI=1S/C11H11ClN2OS/c12-9-1-2-10(15)8(5-9)6-13-7-11-14-3-4-16-11/h1-5,13,15H,6-7H2. The summed E-state index contributed by atoms with van der Waals surface area (Å²) in [6.07, 6.45) is 1.78. The summed E-state index contributed by atoms with van der Waals surface area (Å²) in [5.74, 6) is 0.260. The third-order valence-electron chi connectivity index (χ3n) is 2.12. The molecule has 0 spiro atoms. The number of benzene rings is 1. The second-order valence-corrected chi connectivity index (χ2v) is 4.72. The molecule has 0 aliphatic rings. The SMILES string of the molecule is Oc1ccc(Cl)cc1CNCc1nccs1. The molecular weight excluding hydrogens is 244 g/mol. The molecule has 0 fully saturated rings. The molecule has 5 heteroatoms. The lowest BCUT2D eigenvalue weighted by Crippen LogP contribution is -2.12. The first-order valence-corrected chi connectivity index (χ1v) is 6.08. The fraction of sp³-hybridized carbons (Fsp3) is 0.182. The maximum Gasteiger partial charge on any atom is 0.120 e. The van der Waals surface area contributed by atoms with E-state index in [1.165, 1.54) is 0 Å². The highest BCUT2D eigenvalue weighted by Gasteiger charge is 2.02. The van der Waals surface area contributed by atoms with Gasteiger partial charge in [0.25, 0.3) is 0 Å². The van der Waals surface area contributed by atoms with Crippen molar-refractivity contribution in [2.75, 3.05) is 0 Å². The predicted octanol–water partition coefficient (Wildman–Crippen LogP) is 2.79. The van der Waals surface area contributed by atoms with E-state index in [2.05, 4.69) is 10.3 Å². The van der Waals surface area contributed by atoms with E-state index in [-0.39, 0.29) is 5.75 Å². The Labute approximate surface area is 103 Å². The smallest absolute Gasteiger partial charge is 0.120 e. The normalized spacial score (nSPS) is 10.6. The van der Waals surface area contributed by atoms with Gasteiger partial charge < -0.3 is 10.4 Å². The molecule has 2 N–H and O–H groups in total. The van der Waals surface area contributed by atoms with E-state index >= 15 is 0 Å². The van der Waals surface area contributed by atoms with Gasteiger partial charge >= 0.3 is 0 Å². The van der Waals surface area contributed by atoms with Gasteiger partial charge in [-0.05, 0) is 18.2 Å². The average Bonchev–Trinajstić information content (AvgIpc) is 2.76. The molecule has 3 nitrogen and oxygen atoms in total. The number of hydrogen-bond donors (Lipinski definition) is 2. The van der Waals surface area contributed by atoms with Crippen LogP contribution in [0.3, 0.4) is 0 Å². The van der Waals surface area contributed by atoms with Crippen molar-refractivity contribution in [1.29, 1.82) is 0 Å². The molecule has 84 valence electrons. The maximum atomic E-state index is 9.58. The Morgan fingerprint density at radius 3 is 3.00 bits per heavy atom. The van der Waals surface area contributed by atoms with Crippen molar-refractivity contribution in [3.8, 4) is 5.75 Å². The van der Waals surface area contributed by atoms with Crippen LogP contribution in [0.1, 0.15) is 10.6 Å². The van der Waals surface area contributed by atoms with Crippen molar-refractivity contribution >= 4 is 22.9 Å². The van der Waals surface area contributed by atoms with E-state index in [1.807, 2.05) is 5.38 Å². The van der Waals surface area contributed by atoms with Gasteiger partial charge in [0.1, 0.15) is 10.8 Å². The van der Waals surface area contributed by atoms with E-state index in [1.54, 1.807) is 35.7 Å². The van der Waals surface area contributed by atoms with Crippen LogP contribution in [0.2, 0.25) is 5.02 Å². The number of halogens is 1. The average molecular weight is 255 g/mol. The second kappa shape index (κ2) is 5.30. The minimum Gasteiger partial charge on any atom is -0.508 e. The molecule has 0 unspecified atom stereocenters. The number of aromatic nitrogens is 1. The number of aromatic hydroxyl groups is 1. The van der Waals surface area contributed by atoms with Crippen molar-refractivity contribution in [2.45, 2.75) is 13.1 Å². The lowest BCUT2D eigenvalue weighted by molar-refractivity contribution is 0.464. The highest BCUT2D eigenvalue weighted by atomic mass is 35.5. The highest BCUT2D eigenvalue weighted by Crippen LogP contribution is 2.21. The minimum atomic E-state index is 0.260. The largest absolute Gasteiger partial charge is 0.508 e. The fourth-order valence-electron chi connectivity index (χ4n) is 1.34. The quantitative estimate of drug-likeness (QED) is 0.882. The third-order valence-corrected chi connectivity index (χ3v) is 3.13. The molecule has 1 aromatic carbocycles. The zero-order valence-corrected chi connectivity index (χ0v) is 10.1. The second-order valence-electron chi connectivity index (χ2n) is 3.30. The van der Waals surface area contributed by atoms with Crippen LogP contribution in [-0.4, -0.2) is 10.1 Å². The first kappa shape index (κ1) is 11.4. The van der Waals surface area contributed by atoms with Crippen LogP contribution >= 0.6 is 22.9 Å². The Hall–Kier alpha value is -1.10. The van der Waals surface area contributed by atoms with E-state index in [4.69, 9.17) is 11.6 Å². The Morgan fingerprint density at radius 2 is 2.25 bits per heavy atom. The summed E-state index contributed by atoms with van der Waals surface area (Å²) in [6, 6.07) is 5.02. The van der Waals surface area contributed by atoms with Gasteiger partial charge in [0.15, 0.2) is 0 Å². The van der Waals surface area contributed by atoms with E-state index in [0.29, 0.717) is 18.1 Å². The molecule has 2 rings (SSSR count). The predicted molar refractivity (Wildman–Crippen MR) is 65.8 cm³/mol. The number of phenols is 1. The lowest BCUT2D eigenvalue weighted by Gasteiger charge is -2.05. The van der Waals surface area contributed by atoms with Crippen LogP contribution in [0.5, 0.6) is 5.75 Å². The lowest BCUT2D eigenvalue weighted by atomic mass is 10.2. The Bertz CT molecular complexity index is 459. The van der Waals surface area contributed by atoms with Gasteiger partial charge in [-0.25, -0.2) is 4.98 Å². The summed E-state index contributed by atoms with van der Waals surface area (Å²) >= 11 is 7.45. The summed E-state index contributed by atoms with van der Waals surface area (Å²) in [7, 11) is 0. The molecule has 0 aliphatic carbocycles. The topological polar surface area (TPSA) is 45.1 Å². The number of phenolic OH excluding ortho intramolecular Hbond substituents is 1. The van der Waals surface area contributed by atoms with Gasteiger partial charge in [-0.1, -0.05) is 11.6 Å². The van der Waals surface area contributed by atoms with Gasteiger partial charge in [0.2, 0.25) is 0 Å². The summed E-state index contributed by atoms with van der Waals surface area (Å²) in [5.41, 5.74) is 0.795. The zero-order chi connectivity index (χ0) is 11.4. The van der Waals surface area contributed by atoms with Gasteiger partial charge in [-0.3, -0.25) is 0 Å². The van der Waals surface area contributed by atoms with Gasteiger partial charge in [-0.15, -0.1) is 11.3 Å². The third kappa shape index (κ3) is 2.95. The first-order valence-electron chi connectivity index (χ1n) is 4.82. The molecule has 2 aromatic rings. The van der Waals surface area contributed by atoms with Crippen LogP contribution in [0.25, 0.3) is 0 Å². The van der Waals surface area contributed by atoms with E-state index in [0.717, 1.165) is 10.6 Å². The number of hydrogen-bond acceptors (Lipinski definition) is 4. The van der Waals surface area contributed by atoms with E-state index in [9.17, 15) is 5.11 Å². The first-order chi connectivity index (χ1) is 7.75. The van der Waals surface area contributed by atoms with E-state index < -0.39 is 0 Å². The van der Waals surface area contributed by atoms with Crippen molar-refractivity contribution in [2.24, 2.45) is 0 Å². The van der Waals surface area contributed by atoms with Gasteiger partial charge in [0.05, 0.1) is 0 Å². The molecule has 16 heavy (non-hydrogen) atoms. The Morgan fingerprint density at radius 1 is 1.38 bits per heavy atom. The maximum absolute atomic E-state index is 9.58. The summed E-state index contributed by atoms with van der Waals surface area (Å²) in [6.45, 7) is 1.27. The van der Waals surface area contributed by atoms with Crippen molar-refractivity contribution in [1.82, 2.24) is 10.3 Å². The van der Waals surface area contributed by atoms with Gasteiger partial charge in [0, 0.05) is 35.3 Å². The van der Waals surface area contributed by atoms with Crippen LogP contribution in [0.15, 0.2) is 29.8 Å². The summed E-state index contributed by atoms with van der Waals surface area (Å²) < 4.78 is 0. The zero-order valence-electron chi connectivity index (χ0n) is 8.48. The molecule has 1 aromatic heterocycles. The van der Waals surface area contributed by atoms with Crippen molar-refractivity contribution < 1.29 is 5.11 Å². The van der Waals surface area contributed by atoms with Crippen LogP contribution in [-0.2, 0) is 13.1 Å². The van der Waals surface area contributed by atoms with Crippen molar-refractivity contribution in [3.05, 3.63) is 45.4 Å². The summed E-state index contributed by atoms with van der Waals surface area (Å²) in [5, 5.41) is 16.4. The Kier molecular flexibility index (Phi) is 3.77. The number of nitrogens with zero attached hydrogens (tertiary/aromatic N) is 1.